The van der Waals surface area contributed by atoms with Gasteiger partial charge in [0.2, 0.25) is 0 Å². The van der Waals surface area contributed by atoms with Crippen molar-refractivity contribution < 1.29 is 13.2 Å². The molecule has 0 amide bonds. The molecule has 0 bridgehead atoms. The molecule has 0 spiro atoms. The third-order valence-electron chi connectivity index (χ3n) is 2.23. The first-order valence-electron chi connectivity index (χ1n) is 4.79. The topological polar surface area (TPSA) is 17.8 Å². The minimum Gasteiger partial charge on any atom is -0.267 e. The summed E-state index contributed by atoms with van der Waals surface area (Å²) in [5.41, 5.74) is 0.161. The van der Waals surface area contributed by atoms with E-state index in [1.807, 2.05) is 6.20 Å². The van der Waals surface area contributed by atoms with Gasteiger partial charge in [0.15, 0.2) is 0 Å². The van der Waals surface area contributed by atoms with E-state index in [-0.39, 0.29) is 0 Å². The molecule has 0 saturated carbocycles. The van der Waals surface area contributed by atoms with Crippen molar-refractivity contribution in [3.05, 3.63) is 51.4 Å². The van der Waals surface area contributed by atoms with Crippen molar-refractivity contribution in [3.8, 4) is 0 Å². The maximum Gasteiger partial charge on any atom is 0.416 e. The quantitative estimate of drug-likeness (QED) is 0.756. The summed E-state index contributed by atoms with van der Waals surface area (Å²) < 4.78 is 39.7. The molecular formula is C11H8F3IN2. The van der Waals surface area contributed by atoms with Crippen molar-refractivity contribution in [3.63, 3.8) is 0 Å². The zero-order valence-electron chi connectivity index (χ0n) is 8.58. The molecule has 0 aliphatic heterocycles. The van der Waals surface area contributed by atoms with E-state index in [4.69, 9.17) is 0 Å². The predicted molar refractivity (Wildman–Crippen MR) is 65.5 cm³/mol. The Balaban J connectivity index is 2.13. The maximum atomic E-state index is 12.3. The van der Waals surface area contributed by atoms with E-state index >= 15 is 0 Å². The molecule has 1 heterocycles. The Morgan fingerprint density at radius 1 is 1.18 bits per heavy atom. The number of hydrogen-bond donors (Lipinski definition) is 0. The number of alkyl halides is 3. The van der Waals surface area contributed by atoms with Gasteiger partial charge in [0.05, 0.1) is 21.9 Å². The molecule has 0 unspecified atom stereocenters. The average molecular weight is 352 g/mol. The molecule has 0 N–H and O–H groups in total. The molecule has 6 heteroatoms. The summed E-state index contributed by atoms with van der Waals surface area (Å²) in [6, 6.07) is 5.11. The summed E-state index contributed by atoms with van der Waals surface area (Å²) in [7, 11) is 0. The van der Waals surface area contributed by atoms with Crippen LogP contribution in [-0.2, 0) is 12.7 Å². The Labute approximate surface area is 110 Å². The first kappa shape index (κ1) is 12.4. The van der Waals surface area contributed by atoms with Crippen LogP contribution in [0.4, 0.5) is 13.2 Å². The second kappa shape index (κ2) is 4.67. The fourth-order valence-electron chi connectivity index (χ4n) is 1.41. The van der Waals surface area contributed by atoms with Gasteiger partial charge in [-0.3, -0.25) is 4.68 Å². The Morgan fingerprint density at radius 2 is 1.82 bits per heavy atom. The third kappa shape index (κ3) is 3.21. The van der Waals surface area contributed by atoms with Crippen LogP contribution in [0.1, 0.15) is 11.1 Å². The van der Waals surface area contributed by atoms with Crippen LogP contribution in [-0.4, -0.2) is 9.78 Å². The largest absolute Gasteiger partial charge is 0.416 e. The van der Waals surface area contributed by atoms with E-state index in [1.54, 1.807) is 10.9 Å². The molecule has 2 aromatic rings. The van der Waals surface area contributed by atoms with Crippen LogP contribution >= 0.6 is 22.6 Å². The van der Waals surface area contributed by atoms with Gasteiger partial charge >= 0.3 is 6.18 Å². The molecule has 2 rings (SSSR count). The number of hydrogen-bond acceptors (Lipinski definition) is 1. The zero-order chi connectivity index (χ0) is 12.5. The van der Waals surface area contributed by atoms with Gasteiger partial charge in [-0.2, -0.15) is 18.3 Å². The lowest BCUT2D eigenvalue weighted by molar-refractivity contribution is -0.137. The molecular weight excluding hydrogens is 344 g/mol. The number of benzene rings is 1. The lowest BCUT2D eigenvalue weighted by Crippen LogP contribution is -2.05. The monoisotopic (exact) mass is 352 g/mol. The SMILES string of the molecule is FC(F)(F)c1ccc(Cn2cc(I)cn2)cc1. The van der Waals surface area contributed by atoms with E-state index in [0.29, 0.717) is 6.54 Å². The zero-order valence-corrected chi connectivity index (χ0v) is 10.7. The van der Waals surface area contributed by atoms with E-state index in [0.717, 1.165) is 21.3 Å². The van der Waals surface area contributed by atoms with Gasteiger partial charge in [-0.05, 0) is 40.3 Å². The number of aromatic nitrogens is 2. The van der Waals surface area contributed by atoms with Crippen molar-refractivity contribution in [1.82, 2.24) is 9.78 Å². The summed E-state index contributed by atoms with van der Waals surface area (Å²) in [5.74, 6) is 0. The van der Waals surface area contributed by atoms with Crippen molar-refractivity contribution in [2.75, 3.05) is 0 Å². The van der Waals surface area contributed by atoms with Crippen LogP contribution < -0.4 is 0 Å². The molecule has 0 fully saturated rings. The van der Waals surface area contributed by atoms with Gasteiger partial charge < -0.3 is 0 Å². The van der Waals surface area contributed by atoms with E-state index in [1.165, 1.54) is 12.1 Å². The lowest BCUT2D eigenvalue weighted by Gasteiger charge is -2.07. The van der Waals surface area contributed by atoms with Crippen LogP contribution in [0, 0.1) is 3.57 Å². The Morgan fingerprint density at radius 3 is 2.29 bits per heavy atom. The first-order valence-corrected chi connectivity index (χ1v) is 5.87. The highest BCUT2D eigenvalue weighted by molar-refractivity contribution is 14.1. The minimum atomic E-state index is -4.28. The van der Waals surface area contributed by atoms with Gasteiger partial charge in [-0.1, -0.05) is 12.1 Å². The number of halogens is 4. The van der Waals surface area contributed by atoms with Gasteiger partial charge in [-0.25, -0.2) is 0 Å². The molecule has 0 atom stereocenters. The molecule has 0 aliphatic rings. The standard InChI is InChI=1S/C11H8F3IN2/c12-11(13,14)9-3-1-8(2-4-9)6-17-7-10(15)5-16-17/h1-5,7H,6H2. The van der Waals surface area contributed by atoms with E-state index < -0.39 is 11.7 Å². The summed E-state index contributed by atoms with van der Waals surface area (Å²) in [4.78, 5) is 0. The summed E-state index contributed by atoms with van der Waals surface area (Å²) in [6.45, 7) is 0.473. The van der Waals surface area contributed by atoms with Gasteiger partial charge in [-0.15, -0.1) is 0 Å². The van der Waals surface area contributed by atoms with Crippen molar-refractivity contribution >= 4 is 22.6 Å². The summed E-state index contributed by atoms with van der Waals surface area (Å²) >= 11 is 2.13. The number of rotatable bonds is 2. The van der Waals surface area contributed by atoms with Crippen molar-refractivity contribution in [2.45, 2.75) is 12.7 Å². The lowest BCUT2D eigenvalue weighted by atomic mass is 10.1. The summed E-state index contributed by atoms with van der Waals surface area (Å²) in [6.07, 6.45) is -0.748. The Hall–Kier alpha value is -1.05. The van der Waals surface area contributed by atoms with Gasteiger partial charge in [0.1, 0.15) is 0 Å². The molecule has 90 valence electrons. The molecule has 1 aromatic heterocycles. The highest BCUT2D eigenvalue weighted by Gasteiger charge is 2.29. The van der Waals surface area contributed by atoms with Crippen LogP contribution in [0.5, 0.6) is 0 Å². The highest BCUT2D eigenvalue weighted by Crippen LogP contribution is 2.29. The Bertz CT molecular complexity index is 502. The molecule has 17 heavy (non-hydrogen) atoms. The van der Waals surface area contributed by atoms with Crippen LogP contribution in [0.2, 0.25) is 0 Å². The van der Waals surface area contributed by atoms with Crippen molar-refractivity contribution in [1.29, 1.82) is 0 Å². The Kier molecular flexibility index (Phi) is 3.41. The third-order valence-corrected chi connectivity index (χ3v) is 2.78. The predicted octanol–water partition coefficient (Wildman–Crippen LogP) is 3.55. The van der Waals surface area contributed by atoms with Crippen LogP contribution in [0.25, 0.3) is 0 Å². The average Bonchev–Trinajstić information content (AvgIpc) is 2.63. The van der Waals surface area contributed by atoms with Gasteiger partial charge in [0.25, 0.3) is 0 Å². The molecule has 0 radical (unpaired) electrons. The van der Waals surface area contributed by atoms with E-state index in [2.05, 4.69) is 27.7 Å². The number of nitrogens with zero attached hydrogens (tertiary/aromatic N) is 2. The summed E-state index contributed by atoms with van der Waals surface area (Å²) in [5, 5.41) is 4.07. The molecule has 2 nitrogen and oxygen atoms in total. The normalized spacial score (nSPS) is 11.8. The molecule has 1 aromatic carbocycles. The van der Waals surface area contributed by atoms with Crippen LogP contribution in [0.15, 0.2) is 36.7 Å². The second-order valence-corrected chi connectivity index (χ2v) is 4.80. The van der Waals surface area contributed by atoms with E-state index in [9.17, 15) is 13.2 Å². The smallest absolute Gasteiger partial charge is 0.267 e. The molecule has 0 aliphatic carbocycles. The van der Waals surface area contributed by atoms with Crippen LogP contribution in [0.3, 0.4) is 0 Å². The minimum absolute atomic E-state index is 0.473. The maximum absolute atomic E-state index is 12.3. The fourth-order valence-corrected chi connectivity index (χ4v) is 1.86. The molecule has 0 saturated heterocycles. The van der Waals surface area contributed by atoms with Gasteiger partial charge in [0, 0.05) is 6.20 Å². The second-order valence-electron chi connectivity index (χ2n) is 3.55. The highest BCUT2D eigenvalue weighted by atomic mass is 127. The fraction of sp³-hybridized carbons (Fsp3) is 0.182. The van der Waals surface area contributed by atoms with Crippen molar-refractivity contribution in [2.24, 2.45) is 0 Å². The first-order chi connectivity index (χ1) is 7.95.